The van der Waals surface area contributed by atoms with E-state index in [1.165, 1.54) is 11.3 Å². The van der Waals surface area contributed by atoms with Crippen LogP contribution in [0.15, 0.2) is 29.1 Å². The number of H-pyrrole nitrogens is 1. The van der Waals surface area contributed by atoms with E-state index in [0.717, 1.165) is 22.5 Å². The molecule has 4 rings (SSSR count). The number of aromatic nitrogens is 4. The molecule has 23 heavy (non-hydrogen) atoms. The van der Waals surface area contributed by atoms with E-state index in [4.69, 9.17) is 0 Å². The number of nitrogens with zero attached hydrogens (tertiary/aromatic N) is 3. The van der Waals surface area contributed by atoms with Crippen LogP contribution in [0.3, 0.4) is 0 Å². The minimum absolute atomic E-state index is 0.0237. The quantitative estimate of drug-likeness (QED) is 0.741. The first-order valence-electron chi connectivity index (χ1n) is 7.51. The van der Waals surface area contributed by atoms with E-state index in [1.54, 1.807) is 4.57 Å². The number of rotatable bonds is 2. The molecule has 118 valence electrons. The van der Waals surface area contributed by atoms with Gasteiger partial charge in [-0.2, -0.15) is 5.10 Å². The fourth-order valence-electron chi connectivity index (χ4n) is 2.87. The van der Waals surface area contributed by atoms with E-state index < -0.39 is 0 Å². The van der Waals surface area contributed by atoms with E-state index in [0.29, 0.717) is 24.4 Å². The number of carbonyl (C=O) groups excluding carboxylic acids is 1. The lowest BCUT2D eigenvalue weighted by Gasteiger charge is -2.14. The van der Waals surface area contributed by atoms with Crippen LogP contribution >= 0.6 is 11.3 Å². The van der Waals surface area contributed by atoms with E-state index in [9.17, 15) is 9.59 Å². The molecule has 1 amide bonds. The van der Waals surface area contributed by atoms with Crippen molar-refractivity contribution in [2.75, 3.05) is 0 Å². The molecule has 0 saturated carbocycles. The minimum atomic E-state index is -0.182. The lowest BCUT2D eigenvalue weighted by atomic mass is 10.1. The zero-order valence-electron chi connectivity index (χ0n) is 12.3. The Hall–Kier alpha value is -2.48. The number of thiazole rings is 1. The highest BCUT2D eigenvalue weighted by molar-refractivity contribution is 7.20. The number of carbonyl (C=O) groups is 1. The second-order valence-electron chi connectivity index (χ2n) is 5.58. The molecule has 0 spiro atoms. The molecule has 8 heteroatoms. The summed E-state index contributed by atoms with van der Waals surface area (Å²) in [5.74, 6) is 0.608. The molecule has 1 aliphatic heterocycles. The molecule has 2 aromatic heterocycles. The van der Waals surface area contributed by atoms with Gasteiger partial charge in [0.15, 0.2) is 5.01 Å². The largest absolute Gasteiger partial charge is 0.347 e. The molecule has 1 aliphatic rings. The smallest absolute Gasteiger partial charge is 0.343 e. The third-order valence-electron chi connectivity index (χ3n) is 4.08. The molecule has 0 bridgehead atoms. The second-order valence-corrected chi connectivity index (χ2v) is 6.61. The average molecular weight is 329 g/mol. The first-order chi connectivity index (χ1) is 11.2. The Morgan fingerprint density at radius 2 is 2.22 bits per heavy atom. The monoisotopic (exact) mass is 329 g/mol. The number of amides is 1. The third kappa shape index (κ3) is 2.65. The van der Waals surface area contributed by atoms with Gasteiger partial charge in [-0.3, -0.25) is 9.36 Å². The van der Waals surface area contributed by atoms with Gasteiger partial charge in [-0.1, -0.05) is 12.1 Å². The highest BCUT2D eigenvalue weighted by Crippen LogP contribution is 2.22. The van der Waals surface area contributed by atoms with Crippen LogP contribution in [0.1, 0.15) is 28.5 Å². The maximum Gasteiger partial charge on any atom is 0.343 e. The van der Waals surface area contributed by atoms with Crippen molar-refractivity contribution in [1.29, 1.82) is 0 Å². The highest BCUT2D eigenvalue weighted by atomic mass is 32.1. The standard InChI is InChI=1S/C15H15N5O2S/c21-13(14-17-10-3-1-2-4-11(10)23-14)16-9-5-6-12-18-19-15(22)20(12)8-7-9/h1-4,9H,5-8H2,(H,16,21)(H,19,22). The predicted molar refractivity (Wildman–Crippen MR) is 86.7 cm³/mol. The molecule has 0 aliphatic carbocycles. The zero-order chi connectivity index (χ0) is 15.8. The van der Waals surface area contributed by atoms with Gasteiger partial charge in [0.1, 0.15) is 5.82 Å². The highest BCUT2D eigenvalue weighted by Gasteiger charge is 2.22. The van der Waals surface area contributed by atoms with Gasteiger partial charge in [-0.05, 0) is 25.0 Å². The number of fused-ring (bicyclic) bond motifs is 2. The SMILES string of the molecule is O=C(NC1CCc2n[nH]c(=O)n2CC1)c1nc2ccccc2s1. The van der Waals surface area contributed by atoms with Crippen LogP contribution < -0.4 is 11.0 Å². The van der Waals surface area contributed by atoms with Gasteiger partial charge in [-0.15, -0.1) is 11.3 Å². The van der Waals surface area contributed by atoms with Gasteiger partial charge in [0.25, 0.3) is 5.91 Å². The van der Waals surface area contributed by atoms with Gasteiger partial charge >= 0.3 is 5.69 Å². The average Bonchev–Trinajstić information content (AvgIpc) is 3.08. The summed E-state index contributed by atoms with van der Waals surface area (Å²) in [4.78, 5) is 28.4. The van der Waals surface area contributed by atoms with E-state index in [-0.39, 0.29) is 17.6 Å². The first kappa shape index (κ1) is 14.1. The molecule has 1 atom stereocenters. The number of para-hydroxylation sites is 1. The molecule has 7 nitrogen and oxygen atoms in total. The Kier molecular flexibility index (Phi) is 3.45. The lowest BCUT2D eigenvalue weighted by molar-refractivity contribution is 0.0932. The Balaban J connectivity index is 1.48. The van der Waals surface area contributed by atoms with Crippen molar-refractivity contribution in [3.05, 3.63) is 45.6 Å². The fourth-order valence-corrected chi connectivity index (χ4v) is 3.73. The normalized spacial score (nSPS) is 17.7. The van der Waals surface area contributed by atoms with Gasteiger partial charge < -0.3 is 5.32 Å². The Bertz CT molecular complexity index is 892. The van der Waals surface area contributed by atoms with Crippen LogP contribution in [0.5, 0.6) is 0 Å². The van der Waals surface area contributed by atoms with Gasteiger partial charge in [-0.25, -0.2) is 14.9 Å². The van der Waals surface area contributed by atoms with Crippen LogP contribution in [0.2, 0.25) is 0 Å². The van der Waals surface area contributed by atoms with Gasteiger partial charge in [0, 0.05) is 19.0 Å². The summed E-state index contributed by atoms with van der Waals surface area (Å²) in [6.45, 7) is 0.565. The predicted octanol–water partition coefficient (Wildman–Crippen LogP) is 1.32. The molecule has 3 heterocycles. The fraction of sp³-hybridized carbons (Fsp3) is 0.333. The molecule has 1 unspecified atom stereocenters. The van der Waals surface area contributed by atoms with Crippen LogP contribution in [-0.2, 0) is 13.0 Å². The molecule has 0 fully saturated rings. The molecule has 0 saturated heterocycles. The third-order valence-corrected chi connectivity index (χ3v) is 5.11. The van der Waals surface area contributed by atoms with Crippen molar-refractivity contribution in [1.82, 2.24) is 25.1 Å². The van der Waals surface area contributed by atoms with Crippen molar-refractivity contribution in [2.45, 2.75) is 31.8 Å². The second kappa shape index (κ2) is 5.62. The van der Waals surface area contributed by atoms with Crippen LogP contribution in [0.4, 0.5) is 0 Å². The Morgan fingerprint density at radius 3 is 3.09 bits per heavy atom. The summed E-state index contributed by atoms with van der Waals surface area (Å²) in [7, 11) is 0. The number of aromatic amines is 1. The van der Waals surface area contributed by atoms with Crippen molar-refractivity contribution in [2.24, 2.45) is 0 Å². The number of hydrogen-bond acceptors (Lipinski definition) is 5. The first-order valence-corrected chi connectivity index (χ1v) is 8.33. The summed E-state index contributed by atoms with van der Waals surface area (Å²) in [6.07, 6.45) is 2.15. The van der Waals surface area contributed by atoms with Crippen molar-refractivity contribution in [3.63, 3.8) is 0 Å². The molecule has 2 N–H and O–H groups in total. The van der Waals surface area contributed by atoms with Gasteiger partial charge in [0.05, 0.1) is 10.2 Å². The molecular formula is C15H15N5O2S. The number of nitrogens with one attached hydrogen (secondary N) is 2. The summed E-state index contributed by atoms with van der Waals surface area (Å²) < 4.78 is 2.65. The van der Waals surface area contributed by atoms with E-state index in [1.807, 2.05) is 24.3 Å². The maximum atomic E-state index is 12.4. The summed E-state index contributed by atoms with van der Waals surface area (Å²) in [6, 6.07) is 7.73. The Labute approximate surface area is 135 Å². The van der Waals surface area contributed by atoms with Crippen LogP contribution in [0.25, 0.3) is 10.2 Å². The zero-order valence-corrected chi connectivity index (χ0v) is 13.1. The number of aryl methyl sites for hydroxylation is 1. The summed E-state index contributed by atoms with van der Waals surface area (Å²) in [5, 5.41) is 10.00. The maximum absolute atomic E-state index is 12.4. The van der Waals surface area contributed by atoms with E-state index >= 15 is 0 Å². The molecule has 3 aromatic rings. The number of hydrogen-bond donors (Lipinski definition) is 2. The van der Waals surface area contributed by atoms with Crippen LogP contribution in [-0.4, -0.2) is 31.7 Å². The minimum Gasteiger partial charge on any atom is -0.347 e. The molecule has 1 aromatic carbocycles. The summed E-state index contributed by atoms with van der Waals surface area (Å²) >= 11 is 1.39. The summed E-state index contributed by atoms with van der Waals surface area (Å²) in [5.41, 5.74) is 0.660. The molecule has 0 radical (unpaired) electrons. The Morgan fingerprint density at radius 1 is 1.35 bits per heavy atom. The van der Waals surface area contributed by atoms with Crippen molar-refractivity contribution >= 4 is 27.5 Å². The van der Waals surface area contributed by atoms with Crippen LogP contribution in [0, 0.1) is 0 Å². The van der Waals surface area contributed by atoms with E-state index in [2.05, 4.69) is 20.5 Å². The van der Waals surface area contributed by atoms with Crippen molar-refractivity contribution in [3.8, 4) is 0 Å². The number of benzene rings is 1. The topological polar surface area (TPSA) is 92.7 Å². The van der Waals surface area contributed by atoms with Gasteiger partial charge in [0.2, 0.25) is 0 Å². The molecular weight excluding hydrogens is 314 g/mol. The lowest BCUT2D eigenvalue weighted by Crippen LogP contribution is -2.35. The van der Waals surface area contributed by atoms with Crippen molar-refractivity contribution < 1.29 is 4.79 Å².